The molecule has 1 amide bonds. The average Bonchev–Trinajstić information content (AvgIpc) is 2.80. The van der Waals surface area contributed by atoms with Gasteiger partial charge in [0.2, 0.25) is 5.91 Å². The van der Waals surface area contributed by atoms with Crippen LogP contribution in [0.25, 0.3) is 0 Å². The Morgan fingerprint density at radius 1 is 1.41 bits per heavy atom. The van der Waals surface area contributed by atoms with E-state index in [1.54, 1.807) is 6.07 Å². The van der Waals surface area contributed by atoms with Gasteiger partial charge in [0.15, 0.2) is 0 Å². The fourth-order valence-electron chi connectivity index (χ4n) is 2.71. The van der Waals surface area contributed by atoms with E-state index < -0.39 is 0 Å². The normalized spacial score (nSPS) is 17.2. The molecule has 22 heavy (non-hydrogen) atoms. The molecule has 1 aliphatic heterocycles. The van der Waals surface area contributed by atoms with Crippen molar-refractivity contribution in [1.82, 2.24) is 10.5 Å². The molecule has 1 aromatic carbocycles. The molecule has 0 fully saturated rings. The van der Waals surface area contributed by atoms with Gasteiger partial charge in [-0.25, -0.2) is 0 Å². The van der Waals surface area contributed by atoms with E-state index in [4.69, 9.17) is 9.26 Å². The first-order valence-corrected chi connectivity index (χ1v) is 7.60. The number of para-hydroxylation sites is 1. The number of carbonyl (C=O) groups is 1. The number of fused-ring (bicyclic) bond motifs is 1. The molecule has 0 saturated heterocycles. The molecule has 1 N–H and O–H groups in total. The van der Waals surface area contributed by atoms with Crippen molar-refractivity contribution in [1.29, 1.82) is 0 Å². The maximum Gasteiger partial charge on any atom is 0.227 e. The van der Waals surface area contributed by atoms with Crippen molar-refractivity contribution in [2.45, 2.75) is 26.2 Å². The molecule has 3 rings (SSSR count). The van der Waals surface area contributed by atoms with Crippen LogP contribution < -0.4 is 10.1 Å². The van der Waals surface area contributed by atoms with Crippen LogP contribution in [0.1, 0.15) is 23.4 Å². The topological polar surface area (TPSA) is 64.4 Å². The summed E-state index contributed by atoms with van der Waals surface area (Å²) < 4.78 is 10.8. The number of hydrogen-bond acceptors (Lipinski definition) is 4. The van der Waals surface area contributed by atoms with E-state index in [0.717, 1.165) is 24.3 Å². The van der Waals surface area contributed by atoms with Crippen LogP contribution in [0.3, 0.4) is 0 Å². The largest absolute Gasteiger partial charge is 0.493 e. The van der Waals surface area contributed by atoms with Gasteiger partial charge in [-0.3, -0.25) is 4.79 Å². The third-order valence-corrected chi connectivity index (χ3v) is 3.86. The number of aryl methyl sites for hydroxylation is 1. The summed E-state index contributed by atoms with van der Waals surface area (Å²) in [6.45, 7) is 3.19. The summed E-state index contributed by atoms with van der Waals surface area (Å²) in [5, 5.41) is 6.77. The molecule has 0 unspecified atom stereocenters. The second-order valence-electron chi connectivity index (χ2n) is 5.73. The van der Waals surface area contributed by atoms with Crippen LogP contribution in [0.15, 0.2) is 34.9 Å². The maximum absolute atomic E-state index is 12.0. The number of nitrogens with one attached hydrogen (secondary N) is 1. The minimum Gasteiger partial charge on any atom is -0.493 e. The second-order valence-corrected chi connectivity index (χ2v) is 5.73. The maximum atomic E-state index is 12.0. The highest BCUT2D eigenvalue weighted by atomic mass is 16.5. The highest BCUT2D eigenvalue weighted by molar-refractivity contribution is 5.77. The van der Waals surface area contributed by atoms with Gasteiger partial charge in [0.1, 0.15) is 11.5 Å². The number of hydrogen-bond donors (Lipinski definition) is 1. The minimum atomic E-state index is -0.0328. The van der Waals surface area contributed by atoms with Crippen molar-refractivity contribution in [3.8, 4) is 5.75 Å². The zero-order valence-electron chi connectivity index (χ0n) is 12.7. The third kappa shape index (κ3) is 3.67. The molecule has 0 bridgehead atoms. The standard InChI is InChI=1S/C17H20N2O3/c1-12-8-15(22-19-12)10-17(20)18-11-13-6-7-21-16-5-3-2-4-14(16)9-13/h2-5,8,13H,6-7,9-11H2,1H3,(H,18,20)/t13-/m0/s1. The lowest BCUT2D eigenvalue weighted by Crippen LogP contribution is -2.31. The third-order valence-electron chi connectivity index (χ3n) is 3.86. The molecule has 1 aliphatic rings. The van der Waals surface area contributed by atoms with Gasteiger partial charge in [0, 0.05) is 12.6 Å². The number of carbonyl (C=O) groups excluding carboxylic acids is 1. The van der Waals surface area contributed by atoms with Crippen LogP contribution in [-0.4, -0.2) is 24.2 Å². The first-order valence-electron chi connectivity index (χ1n) is 7.60. The van der Waals surface area contributed by atoms with E-state index >= 15 is 0 Å². The molecule has 5 nitrogen and oxygen atoms in total. The Kier molecular flexibility index (Phi) is 4.42. The van der Waals surface area contributed by atoms with Gasteiger partial charge in [0.25, 0.3) is 0 Å². The van der Waals surface area contributed by atoms with Gasteiger partial charge in [-0.15, -0.1) is 0 Å². The molecule has 1 aromatic heterocycles. The highest BCUT2D eigenvalue weighted by Crippen LogP contribution is 2.26. The number of rotatable bonds is 4. The van der Waals surface area contributed by atoms with Gasteiger partial charge in [-0.1, -0.05) is 23.4 Å². The molecular formula is C17H20N2O3. The molecule has 0 spiro atoms. The predicted octanol–water partition coefficient (Wildman–Crippen LogP) is 2.28. The van der Waals surface area contributed by atoms with Crippen molar-refractivity contribution in [3.63, 3.8) is 0 Å². The molecule has 2 heterocycles. The Morgan fingerprint density at radius 3 is 3.09 bits per heavy atom. The van der Waals surface area contributed by atoms with Gasteiger partial charge >= 0.3 is 0 Å². The van der Waals surface area contributed by atoms with E-state index in [0.29, 0.717) is 24.8 Å². The monoisotopic (exact) mass is 300 g/mol. The fraction of sp³-hybridized carbons (Fsp3) is 0.412. The summed E-state index contributed by atoms with van der Waals surface area (Å²) in [6.07, 6.45) is 2.11. The van der Waals surface area contributed by atoms with E-state index in [2.05, 4.69) is 16.5 Å². The quantitative estimate of drug-likeness (QED) is 0.941. The van der Waals surface area contributed by atoms with Crippen LogP contribution in [0.5, 0.6) is 5.75 Å². The van der Waals surface area contributed by atoms with Gasteiger partial charge in [-0.05, 0) is 37.3 Å². The van der Waals surface area contributed by atoms with Crippen LogP contribution in [-0.2, 0) is 17.6 Å². The number of benzene rings is 1. The Hall–Kier alpha value is -2.30. The smallest absolute Gasteiger partial charge is 0.227 e. The van der Waals surface area contributed by atoms with Crippen molar-refractivity contribution in [2.75, 3.05) is 13.2 Å². The lowest BCUT2D eigenvalue weighted by molar-refractivity contribution is -0.120. The lowest BCUT2D eigenvalue weighted by Gasteiger charge is -2.14. The highest BCUT2D eigenvalue weighted by Gasteiger charge is 2.18. The molecule has 5 heteroatoms. The molecule has 116 valence electrons. The SMILES string of the molecule is Cc1cc(CC(=O)NC[C@H]2CCOc3ccccc3C2)on1. The number of nitrogens with zero attached hydrogens (tertiary/aromatic N) is 1. The first-order chi connectivity index (χ1) is 10.7. The molecule has 0 aliphatic carbocycles. The van der Waals surface area contributed by atoms with Crippen LogP contribution in [0.2, 0.25) is 0 Å². The molecular weight excluding hydrogens is 280 g/mol. The van der Waals surface area contributed by atoms with Crippen molar-refractivity contribution in [2.24, 2.45) is 5.92 Å². The molecule has 2 aromatic rings. The number of amides is 1. The number of ether oxygens (including phenoxy) is 1. The van der Waals surface area contributed by atoms with Crippen LogP contribution in [0, 0.1) is 12.8 Å². The van der Waals surface area contributed by atoms with Gasteiger partial charge < -0.3 is 14.6 Å². The molecule has 0 radical (unpaired) electrons. The summed E-state index contributed by atoms with van der Waals surface area (Å²) >= 11 is 0. The fourth-order valence-corrected chi connectivity index (χ4v) is 2.71. The Bertz CT molecular complexity index is 651. The zero-order chi connectivity index (χ0) is 15.4. The van der Waals surface area contributed by atoms with Crippen LogP contribution in [0.4, 0.5) is 0 Å². The van der Waals surface area contributed by atoms with Crippen LogP contribution >= 0.6 is 0 Å². The minimum absolute atomic E-state index is 0.0328. The van der Waals surface area contributed by atoms with E-state index in [1.807, 2.05) is 25.1 Å². The molecule has 1 atom stereocenters. The Labute approximate surface area is 129 Å². The van der Waals surface area contributed by atoms with Crippen molar-refractivity contribution >= 4 is 5.91 Å². The molecule has 0 saturated carbocycles. The van der Waals surface area contributed by atoms with E-state index in [9.17, 15) is 4.79 Å². The second kappa shape index (κ2) is 6.64. The van der Waals surface area contributed by atoms with Crippen molar-refractivity contribution in [3.05, 3.63) is 47.3 Å². The first kappa shape index (κ1) is 14.6. The summed E-state index contributed by atoms with van der Waals surface area (Å²) in [7, 11) is 0. The zero-order valence-corrected chi connectivity index (χ0v) is 12.7. The van der Waals surface area contributed by atoms with Gasteiger partial charge in [0.05, 0.1) is 18.7 Å². The lowest BCUT2D eigenvalue weighted by atomic mass is 9.97. The average molecular weight is 300 g/mol. The van der Waals surface area contributed by atoms with E-state index in [1.165, 1.54) is 5.56 Å². The summed E-state index contributed by atoms with van der Waals surface area (Å²) in [4.78, 5) is 12.0. The summed E-state index contributed by atoms with van der Waals surface area (Å²) in [6, 6.07) is 9.89. The Morgan fingerprint density at radius 2 is 2.27 bits per heavy atom. The number of aromatic nitrogens is 1. The Balaban J connectivity index is 1.52. The predicted molar refractivity (Wildman–Crippen MR) is 81.7 cm³/mol. The summed E-state index contributed by atoms with van der Waals surface area (Å²) in [5.74, 6) is 1.93. The van der Waals surface area contributed by atoms with Crippen molar-refractivity contribution < 1.29 is 14.1 Å². The summed E-state index contributed by atoms with van der Waals surface area (Å²) in [5.41, 5.74) is 2.01. The van der Waals surface area contributed by atoms with E-state index in [-0.39, 0.29) is 12.3 Å². The van der Waals surface area contributed by atoms with Gasteiger partial charge in [-0.2, -0.15) is 0 Å².